The lowest BCUT2D eigenvalue weighted by molar-refractivity contribution is 0.101. The Kier molecular flexibility index (Phi) is 6.47. The van der Waals surface area contributed by atoms with Crippen molar-refractivity contribution in [1.82, 2.24) is 0 Å². The topological polar surface area (TPSA) is 88.1 Å². The fourth-order valence-electron chi connectivity index (χ4n) is 2.49. The van der Waals surface area contributed by atoms with Crippen molar-refractivity contribution >= 4 is 29.1 Å². The number of nitrogens with one attached hydrogen (secondary N) is 1. The van der Waals surface area contributed by atoms with Crippen molar-refractivity contribution in [2.45, 2.75) is 27.2 Å². The molecule has 0 saturated carbocycles. The Bertz CT molecular complexity index is 878. The van der Waals surface area contributed by atoms with Gasteiger partial charge in [0.2, 0.25) is 0 Å². The number of ketones is 1. The fraction of sp³-hybridized carbons (Fsp3) is 0.263. The number of nitrogens with two attached hydrogens (primary N) is 1. The molecular formula is C19H20FN3O2S. The van der Waals surface area contributed by atoms with Gasteiger partial charge in [-0.05, 0) is 44.5 Å². The van der Waals surface area contributed by atoms with E-state index in [9.17, 15) is 14.4 Å². The molecule has 0 saturated heterocycles. The third kappa shape index (κ3) is 4.09. The Balaban J connectivity index is 2.47. The van der Waals surface area contributed by atoms with Crippen molar-refractivity contribution in [1.29, 1.82) is 5.26 Å². The number of carbonyl (C=O) groups excluding carboxylic acids is 1. The maximum absolute atomic E-state index is 14.4. The van der Waals surface area contributed by atoms with Gasteiger partial charge in [0.1, 0.15) is 17.4 Å². The highest BCUT2D eigenvalue weighted by Gasteiger charge is 2.19. The van der Waals surface area contributed by atoms with Crippen LogP contribution in [0.15, 0.2) is 24.3 Å². The van der Waals surface area contributed by atoms with Crippen LogP contribution in [0.25, 0.3) is 0 Å². The van der Waals surface area contributed by atoms with Crippen molar-refractivity contribution in [3.8, 4) is 17.6 Å². The number of hydrogen-bond donors (Lipinski definition) is 2. The predicted molar refractivity (Wildman–Crippen MR) is 103 cm³/mol. The lowest BCUT2D eigenvalue weighted by atomic mass is 10.0. The number of Topliss-reactive ketones (excluding diaryl/α,β-unsaturated/α-hetero) is 1. The molecule has 0 heterocycles. The zero-order valence-electron chi connectivity index (χ0n) is 14.9. The number of rotatable bonds is 7. The van der Waals surface area contributed by atoms with E-state index in [4.69, 9.17) is 10.5 Å². The van der Waals surface area contributed by atoms with Crippen LogP contribution in [0.3, 0.4) is 0 Å². The van der Waals surface area contributed by atoms with Gasteiger partial charge in [-0.3, -0.25) is 4.79 Å². The third-order valence-corrected chi connectivity index (χ3v) is 4.70. The molecule has 2 aromatic carbocycles. The van der Waals surface area contributed by atoms with Crippen molar-refractivity contribution in [3.63, 3.8) is 0 Å². The standard InChI is InChI=1S/C19H20FN3O2S/c1-4-9-26-23-16-7-5-14(20)19(13(16)10-21)25-17-8-6-15(22)18(11(17)2)12(3)24/h5-8,23H,4,9,22H2,1-3H3. The van der Waals surface area contributed by atoms with Crippen molar-refractivity contribution in [2.24, 2.45) is 0 Å². The minimum absolute atomic E-state index is 0.0641. The van der Waals surface area contributed by atoms with E-state index in [1.165, 1.54) is 37.1 Å². The van der Waals surface area contributed by atoms with Crippen LogP contribution in [-0.2, 0) is 0 Å². The number of ether oxygens (including phenoxy) is 1. The quantitative estimate of drug-likeness (QED) is 0.305. The molecule has 0 spiro atoms. The number of hydrogen-bond acceptors (Lipinski definition) is 6. The van der Waals surface area contributed by atoms with E-state index in [0.29, 0.717) is 22.5 Å². The van der Waals surface area contributed by atoms with Gasteiger partial charge < -0.3 is 15.2 Å². The van der Waals surface area contributed by atoms with Crippen LogP contribution in [-0.4, -0.2) is 11.5 Å². The van der Waals surface area contributed by atoms with Crippen LogP contribution in [0.4, 0.5) is 15.8 Å². The van der Waals surface area contributed by atoms with Crippen molar-refractivity contribution in [2.75, 3.05) is 16.2 Å². The largest absolute Gasteiger partial charge is 0.452 e. The number of nitrogens with zero attached hydrogens (tertiary/aromatic N) is 1. The number of halogens is 1. The minimum atomic E-state index is -0.659. The van der Waals surface area contributed by atoms with E-state index in [-0.39, 0.29) is 22.8 Å². The summed E-state index contributed by atoms with van der Waals surface area (Å²) >= 11 is 1.43. The molecule has 0 fully saturated rings. The Morgan fingerprint density at radius 3 is 2.73 bits per heavy atom. The summed E-state index contributed by atoms with van der Waals surface area (Å²) in [6.45, 7) is 5.11. The molecule has 0 radical (unpaired) electrons. The van der Waals surface area contributed by atoms with E-state index in [0.717, 1.165) is 12.2 Å². The van der Waals surface area contributed by atoms with Crippen LogP contribution in [0.5, 0.6) is 11.5 Å². The van der Waals surface area contributed by atoms with E-state index in [2.05, 4.69) is 4.72 Å². The summed E-state index contributed by atoms with van der Waals surface area (Å²) in [6.07, 6.45) is 0.961. The smallest absolute Gasteiger partial charge is 0.182 e. The molecule has 26 heavy (non-hydrogen) atoms. The molecule has 0 amide bonds. The Morgan fingerprint density at radius 2 is 2.12 bits per heavy atom. The first-order valence-electron chi connectivity index (χ1n) is 8.08. The van der Waals surface area contributed by atoms with Gasteiger partial charge in [0.25, 0.3) is 0 Å². The molecule has 0 aliphatic heterocycles. The van der Waals surface area contributed by atoms with Gasteiger partial charge in [0, 0.05) is 22.6 Å². The van der Waals surface area contributed by atoms with Gasteiger partial charge in [0.05, 0.1) is 5.69 Å². The van der Waals surface area contributed by atoms with Gasteiger partial charge in [-0.2, -0.15) is 5.26 Å². The molecule has 0 unspecified atom stereocenters. The van der Waals surface area contributed by atoms with Crippen LogP contribution in [0, 0.1) is 24.1 Å². The predicted octanol–water partition coefficient (Wildman–Crippen LogP) is 5.05. The average Bonchev–Trinajstić information content (AvgIpc) is 2.59. The average molecular weight is 373 g/mol. The van der Waals surface area contributed by atoms with Crippen LogP contribution >= 0.6 is 11.9 Å². The summed E-state index contributed by atoms with van der Waals surface area (Å²) in [5.41, 5.74) is 7.54. The summed E-state index contributed by atoms with van der Waals surface area (Å²) in [5, 5.41) is 9.49. The molecular weight excluding hydrogens is 353 g/mol. The minimum Gasteiger partial charge on any atom is -0.452 e. The lowest BCUT2D eigenvalue weighted by Crippen LogP contribution is -2.05. The van der Waals surface area contributed by atoms with Gasteiger partial charge in [-0.1, -0.05) is 18.9 Å². The van der Waals surface area contributed by atoms with Gasteiger partial charge in [-0.15, -0.1) is 0 Å². The zero-order chi connectivity index (χ0) is 19.3. The summed E-state index contributed by atoms with van der Waals surface area (Å²) in [6, 6.07) is 7.82. The zero-order valence-corrected chi connectivity index (χ0v) is 15.7. The number of anilines is 2. The van der Waals surface area contributed by atoms with Crippen molar-refractivity contribution in [3.05, 3.63) is 46.8 Å². The number of nitriles is 1. The molecule has 0 atom stereocenters. The SMILES string of the molecule is CCCSNc1ccc(F)c(Oc2ccc(N)c(C(C)=O)c2C)c1C#N. The highest BCUT2D eigenvalue weighted by Crippen LogP contribution is 2.36. The number of carbonyl (C=O) groups is 1. The summed E-state index contributed by atoms with van der Waals surface area (Å²) in [7, 11) is 0. The Morgan fingerprint density at radius 1 is 1.38 bits per heavy atom. The summed E-state index contributed by atoms with van der Waals surface area (Å²) in [5.74, 6) is 0.0680. The van der Waals surface area contributed by atoms with E-state index in [1.54, 1.807) is 13.0 Å². The monoisotopic (exact) mass is 373 g/mol. The second-order valence-corrected chi connectivity index (χ2v) is 6.57. The first-order chi connectivity index (χ1) is 12.4. The molecule has 2 rings (SSSR count). The first-order valence-corrected chi connectivity index (χ1v) is 9.07. The molecule has 0 bridgehead atoms. The van der Waals surface area contributed by atoms with Gasteiger partial charge in [0.15, 0.2) is 17.3 Å². The third-order valence-electron chi connectivity index (χ3n) is 3.72. The second-order valence-electron chi connectivity index (χ2n) is 5.67. The van der Waals surface area contributed by atoms with Crippen LogP contribution < -0.4 is 15.2 Å². The molecule has 0 aromatic heterocycles. The Hall–Kier alpha value is -2.72. The number of nitrogen functional groups attached to an aromatic ring is 1. The highest BCUT2D eigenvalue weighted by atomic mass is 32.2. The van der Waals surface area contributed by atoms with Crippen molar-refractivity contribution < 1.29 is 13.9 Å². The molecule has 5 nitrogen and oxygen atoms in total. The fourth-order valence-corrected chi connectivity index (χ4v) is 3.12. The molecule has 3 N–H and O–H groups in total. The van der Waals surface area contributed by atoms with Crippen LogP contribution in [0.2, 0.25) is 0 Å². The molecule has 0 aliphatic rings. The summed E-state index contributed by atoms with van der Waals surface area (Å²) < 4.78 is 23.1. The summed E-state index contributed by atoms with van der Waals surface area (Å²) in [4.78, 5) is 11.8. The van der Waals surface area contributed by atoms with E-state index >= 15 is 0 Å². The van der Waals surface area contributed by atoms with E-state index in [1.807, 2.05) is 13.0 Å². The number of benzene rings is 2. The normalized spacial score (nSPS) is 10.3. The molecule has 0 aliphatic carbocycles. The van der Waals surface area contributed by atoms with E-state index < -0.39 is 5.82 Å². The first kappa shape index (κ1) is 19.6. The van der Waals surface area contributed by atoms with Crippen LogP contribution in [0.1, 0.15) is 41.8 Å². The highest BCUT2D eigenvalue weighted by molar-refractivity contribution is 8.00. The lowest BCUT2D eigenvalue weighted by Gasteiger charge is -2.16. The molecule has 136 valence electrons. The Labute approximate surface area is 156 Å². The molecule has 2 aromatic rings. The van der Waals surface area contributed by atoms with Gasteiger partial charge >= 0.3 is 0 Å². The van der Waals surface area contributed by atoms with Gasteiger partial charge in [-0.25, -0.2) is 4.39 Å². The maximum atomic E-state index is 14.4. The second kappa shape index (κ2) is 8.59. The maximum Gasteiger partial charge on any atom is 0.182 e. The molecule has 7 heteroatoms.